The maximum absolute atomic E-state index is 13.9. The first-order chi connectivity index (χ1) is 15.2. The van der Waals surface area contributed by atoms with Gasteiger partial charge in [0.05, 0.1) is 6.04 Å². The molecule has 0 spiro atoms. The number of hydrogen-bond acceptors (Lipinski definition) is 6. The number of benzene rings is 1. The molecule has 1 saturated carbocycles. The second-order valence-corrected chi connectivity index (χ2v) is 7.98. The lowest BCUT2D eigenvalue weighted by Gasteiger charge is -2.18. The fourth-order valence-electron chi connectivity index (χ4n) is 4.13. The average molecular weight is 417 g/mol. The summed E-state index contributed by atoms with van der Waals surface area (Å²) in [6, 6.07) is 10.8. The van der Waals surface area contributed by atoms with Crippen LogP contribution in [0.4, 0.5) is 16.0 Å². The molecule has 4 aromatic rings. The molecule has 0 bridgehead atoms. The average Bonchev–Trinajstić information content (AvgIpc) is 3.58. The molecule has 2 aliphatic rings. The van der Waals surface area contributed by atoms with Crippen LogP contribution in [0.15, 0.2) is 47.4 Å². The van der Waals surface area contributed by atoms with Gasteiger partial charge in [0.1, 0.15) is 5.39 Å². The van der Waals surface area contributed by atoms with Crippen molar-refractivity contribution < 1.29 is 4.39 Å². The van der Waals surface area contributed by atoms with Crippen LogP contribution in [-0.4, -0.2) is 30.9 Å². The highest BCUT2D eigenvalue weighted by Gasteiger charge is 2.31. The number of anilines is 2. The van der Waals surface area contributed by atoms with Crippen molar-refractivity contribution in [1.29, 1.82) is 0 Å². The number of nitrogens with one attached hydrogen (secondary N) is 2. The van der Waals surface area contributed by atoms with Crippen molar-refractivity contribution in [3.05, 3.63) is 70.0 Å². The first-order valence-corrected chi connectivity index (χ1v) is 10.4. The molecule has 9 heteroatoms. The van der Waals surface area contributed by atoms with Gasteiger partial charge in [-0.1, -0.05) is 12.1 Å². The Balaban J connectivity index is 1.46. The monoisotopic (exact) mass is 417 g/mol. The van der Waals surface area contributed by atoms with Gasteiger partial charge in [-0.3, -0.25) is 4.79 Å². The first-order valence-electron chi connectivity index (χ1n) is 10.4. The van der Waals surface area contributed by atoms with Gasteiger partial charge in [-0.25, -0.2) is 19.3 Å². The highest BCUT2D eigenvalue weighted by molar-refractivity contribution is 5.77. The normalized spacial score (nSPS) is 15.8. The summed E-state index contributed by atoms with van der Waals surface area (Å²) in [6.07, 6.45) is 4.34. The molecule has 0 amide bonds. The van der Waals surface area contributed by atoms with E-state index in [0.717, 1.165) is 38.0 Å². The number of halogens is 1. The Labute approximate surface area is 176 Å². The molecule has 3 aromatic heterocycles. The molecule has 0 radical (unpaired) electrons. The Morgan fingerprint density at radius 2 is 2.03 bits per heavy atom. The predicted octanol–water partition coefficient (Wildman–Crippen LogP) is 2.84. The molecule has 1 aliphatic heterocycles. The van der Waals surface area contributed by atoms with Gasteiger partial charge in [0.2, 0.25) is 11.9 Å². The maximum atomic E-state index is 13.9. The summed E-state index contributed by atoms with van der Waals surface area (Å²) in [5, 5.41) is 7.00. The summed E-state index contributed by atoms with van der Waals surface area (Å²) < 4.78 is 17.1. The number of rotatable bonds is 4. The SMILES string of the molecule is O=c1c2cnc(Nc3ccc4c(c3)CNCC4)nc2n(-c2cccc(F)n2)n1C1CC1. The molecule has 1 fully saturated rings. The molecule has 6 rings (SSSR count). The minimum Gasteiger partial charge on any atom is -0.324 e. The number of aromatic nitrogens is 5. The van der Waals surface area contributed by atoms with Crippen molar-refractivity contribution in [2.24, 2.45) is 0 Å². The third kappa shape index (κ3) is 3.17. The molecule has 8 nitrogen and oxygen atoms in total. The second-order valence-electron chi connectivity index (χ2n) is 7.98. The van der Waals surface area contributed by atoms with Crippen LogP contribution in [0.1, 0.15) is 30.0 Å². The van der Waals surface area contributed by atoms with Crippen LogP contribution in [-0.2, 0) is 13.0 Å². The van der Waals surface area contributed by atoms with Gasteiger partial charge >= 0.3 is 0 Å². The third-order valence-electron chi connectivity index (χ3n) is 5.78. The van der Waals surface area contributed by atoms with E-state index in [1.165, 1.54) is 23.4 Å². The number of pyridine rings is 1. The van der Waals surface area contributed by atoms with E-state index in [4.69, 9.17) is 0 Å². The molecule has 31 heavy (non-hydrogen) atoms. The fourth-order valence-corrected chi connectivity index (χ4v) is 4.13. The zero-order chi connectivity index (χ0) is 20.9. The van der Waals surface area contributed by atoms with Gasteiger partial charge in [0.15, 0.2) is 11.5 Å². The molecule has 4 heterocycles. The summed E-state index contributed by atoms with van der Waals surface area (Å²) >= 11 is 0. The molecule has 0 unspecified atom stereocenters. The molecular weight excluding hydrogens is 397 g/mol. The summed E-state index contributed by atoms with van der Waals surface area (Å²) in [5.41, 5.74) is 3.69. The number of nitrogens with zero attached hydrogens (tertiary/aromatic N) is 5. The van der Waals surface area contributed by atoms with Crippen molar-refractivity contribution >= 4 is 22.7 Å². The van der Waals surface area contributed by atoms with Gasteiger partial charge in [0, 0.05) is 18.4 Å². The largest absolute Gasteiger partial charge is 0.324 e. The molecular formula is C22H20FN7O. The Morgan fingerprint density at radius 1 is 1.13 bits per heavy atom. The first kappa shape index (κ1) is 18.2. The highest BCUT2D eigenvalue weighted by Crippen LogP contribution is 2.35. The molecule has 2 N–H and O–H groups in total. The quantitative estimate of drug-likeness (QED) is 0.497. The maximum Gasteiger partial charge on any atom is 0.278 e. The molecule has 1 aliphatic carbocycles. The Kier molecular flexibility index (Phi) is 4.10. The number of hydrogen-bond donors (Lipinski definition) is 2. The van der Waals surface area contributed by atoms with Gasteiger partial charge in [-0.15, -0.1) is 0 Å². The number of fused-ring (bicyclic) bond motifs is 2. The summed E-state index contributed by atoms with van der Waals surface area (Å²) in [6.45, 7) is 1.82. The molecule has 156 valence electrons. The van der Waals surface area contributed by atoms with Crippen molar-refractivity contribution in [1.82, 2.24) is 29.6 Å². The Hall–Kier alpha value is -3.59. The van der Waals surface area contributed by atoms with E-state index in [1.807, 2.05) is 6.07 Å². The fraction of sp³-hybridized carbons (Fsp3) is 0.273. The highest BCUT2D eigenvalue weighted by atomic mass is 19.1. The van der Waals surface area contributed by atoms with Crippen LogP contribution in [0.5, 0.6) is 0 Å². The van der Waals surface area contributed by atoms with Crippen molar-refractivity contribution in [2.45, 2.75) is 31.8 Å². The lowest BCUT2D eigenvalue weighted by atomic mass is 10.0. The van der Waals surface area contributed by atoms with E-state index in [2.05, 4.69) is 37.7 Å². The van der Waals surface area contributed by atoms with Gasteiger partial charge in [-0.2, -0.15) is 9.37 Å². The van der Waals surface area contributed by atoms with Crippen LogP contribution in [0.2, 0.25) is 0 Å². The molecule has 1 aromatic carbocycles. The van der Waals surface area contributed by atoms with E-state index >= 15 is 0 Å². The summed E-state index contributed by atoms with van der Waals surface area (Å²) in [4.78, 5) is 26.0. The van der Waals surface area contributed by atoms with Gasteiger partial charge in [0.25, 0.3) is 5.56 Å². The van der Waals surface area contributed by atoms with Crippen LogP contribution in [0.25, 0.3) is 16.9 Å². The van der Waals surface area contributed by atoms with Gasteiger partial charge in [-0.05, 0) is 61.2 Å². The van der Waals surface area contributed by atoms with E-state index in [1.54, 1.807) is 21.5 Å². The van der Waals surface area contributed by atoms with E-state index in [9.17, 15) is 9.18 Å². The molecule has 0 saturated heterocycles. The third-order valence-corrected chi connectivity index (χ3v) is 5.78. The standard InChI is InChI=1S/C22H20FN7O/c23-18-2-1-3-19(27-18)30-20-17(21(31)29(30)16-6-7-16)12-25-22(28-20)26-15-5-4-13-8-9-24-11-14(13)10-15/h1-5,10,12,16,24H,6-9,11H2,(H,25,26,28). The van der Waals surface area contributed by atoms with E-state index in [-0.39, 0.29) is 11.6 Å². The zero-order valence-electron chi connectivity index (χ0n) is 16.7. The molecule has 0 atom stereocenters. The minimum atomic E-state index is -0.607. The summed E-state index contributed by atoms with van der Waals surface area (Å²) in [5.74, 6) is 0.0852. The Bertz CT molecular complexity index is 1370. The van der Waals surface area contributed by atoms with Crippen molar-refractivity contribution in [3.63, 3.8) is 0 Å². The second kappa shape index (κ2) is 6.98. The van der Waals surface area contributed by atoms with Gasteiger partial charge < -0.3 is 10.6 Å². The van der Waals surface area contributed by atoms with Crippen LogP contribution in [0, 0.1) is 5.95 Å². The van der Waals surface area contributed by atoms with Crippen molar-refractivity contribution in [3.8, 4) is 5.82 Å². The van der Waals surface area contributed by atoms with Crippen LogP contribution < -0.4 is 16.2 Å². The summed E-state index contributed by atoms with van der Waals surface area (Å²) in [7, 11) is 0. The Morgan fingerprint density at radius 3 is 2.87 bits per heavy atom. The van der Waals surface area contributed by atoms with Crippen LogP contribution >= 0.6 is 0 Å². The predicted molar refractivity (Wildman–Crippen MR) is 114 cm³/mol. The minimum absolute atomic E-state index is 0.0660. The van der Waals surface area contributed by atoms with Crippen molar-refractivity contribution in [2.75, 3.05) is 11.9 Å². The van der Waals surface area contributed by atoms with E-state index in [0.29, 0.717) is 22.8 Å². The zero-order valence-corrected chi connectivity index (χ0v) is 16.7. The topological polar surface area (TPSA) is 89.7 Å². The van der Waals surface area contributed by atoms with Crippen LogP contribution in [0.3, 0.4) is 0 Å². The lowest BCUT2D eigenvalue weighted by molar-refractivity contribution is 0.534. The smallest absolute Gasteiger partial charge is 0.278 e. The van der Waals surface area contributed by atoms with E-state index < -0.39 is 5.95 Å². The lowest BCUT2D eigenvalue weighted by Crippen LogP contribution is -2.23.